The fourth-order valence-electron chi connectivity index (χ4n) is 2.38. The summed E-state index contributed by atoms with van der Waals surface area (Å²) >= 11 is 0. The summed E-state index contributed by atoms with van der Waals surface area (Å²) in [6.45, 7) is 5.41. The summed E-state index contributed by atoms with van der Waals surface area (Å²) in [5.41, 5.74) is 5.61. The monoisotopic (exact) mass is 312 g/mol. The van der Waals surface area contributed by atoms with Gasteiger partial charge in [-0.2, -0.15) is 0 Å². The van der Waals surface area contributed by atoms with Crippen molar-refractivity contribution >= 4 is 12.6 Å². The molecule has 0 aliphatic rings. The average molecular weight is 312 g/mol. The molecule has 5 nitrogen and oxygen atoms in total. The average Bonchev–Trinajstić information content (AvgIpc) is 2.53. The van der Waals surface area contributed by atoms with Crippen LogP contribution in [0.15, 0.2) is 30.3 Å². The Morgan fingerprint density at radius 2 is 1.71 bits per heavy atom. The molecule has 0 aliphatic heterocycles. The van der Waals surface area contributed by atoms with Crippen molar-refractivity contribution in [1.82, 2.24) is 0 Å². The zero-order valence-electron chi connectivity index (χ0n) is 12.8. The van der Waals surface area contributed by atoms with Gasteiger partial charge in [0.25, 0.3) is 0 Å². The molecule has 0 spiro atoms. The number of hydrogen-bond acceptors (Lipinski definition) is 5. The van der Waals surface area contributed by atoms with Crippen molar-refractivity contribution in [3.63, 3.8) is 0 Å². The molecule has 2 N–H and O–H groups in total. The standard InChI is InChI=1S/C15H25N2O3P/c1-3-18-21(19-4-2,14-8-11-16,20-13-12-17)15-9-6-5-7-10-15/h5-7,9-10H,3-4,8,12-14,17H2,1-2H3. The van der Waals surface area contributed by atoms with E-state index < -0.39 is 7.28 Å². The first kappa shape index (κ1) is 18.0. The van der Waals surface area contributed by atoms with E-state index in [1.807, 2.05) is 44.2 Å². The molecule has 0 saturated heterocycles. The Morgan fingerprint density at radius 3 is 2.19 bits per heavy atom. The van der Waals surface area contributed by atoms with Gasteiger partial charge in [0.15, 0.2) is 0 Å². The number of rotatable bonds is 10. The van der Waals surface area contributed by atoms with Crippen LogP contribution >= 0.6 is 7.28 Å². The van der Waals surface area contributed by atoms with Crippen LogP contribution < -0.4 is 11.0 Å². The summed E-state index contributed by atoms with van der Waals surface area (Å²) < 4.78 is 18.4. The second-order valence-electron chi connectivity index (χ2n) is 4.47. The Balaban J connectivity index is 3.40. The first-order valence-electron chi connectivity index (χ1n) is 7.26. The fraction of sp³-hybridized carbons (Fsp3) is 0.533. The predicted molar refractivity (Wildman–Crippen MR) is 86.4 cm³/mol. The quantitative estimate of drug-likeness (QED) is 0.672. The molecular formula is C15H25N2O3P. The van der Waals surface area contributed by atoms with Crippen LogP contribution in [0.4, 0.5) is 0 Å². The summed E-state index contributed by atoms with van der Waals surface area (Å²) in [5, 5.41) is 9.90. The maximum absolute atomic E-state index is 9.03. The molecule has 6 heteroatoms. The van der Waals surface area contributed by atoms with Crippen molar-refractivity contribution in [3.8, 4) is 6.07 Å². The van der Waals surface area contributed by atoms with Crippen LogP contribution in [0.1, 0.15) is 20.3 Å². The Morgan fingerprint density at radius 1 is 1.10 bits per heavy atom. The normalized spacial score (nSPS) is 13.3. The van der Waals surface area contributed by atoms with E-state index in [-0.39, 0.29) is 0 Å². The van der Waals surface area contributed by atoms with Crippen LogP contribution in [0.25, 0.3) is 0 Å². The molecular weight excluding hydrogens is 287 g/mol. The molecule has 0 heterocycles. The van der Waals surface area contributed by atoms with Gasteiger partial charge in [0.2, 0.25) is 0 Å². The third-order valence-corrected chi connectivity index (χ3v) is 7.67. The molecule has 0 fully saturated rings. The summed E-state index contributed by atoms with van der Waals surface area (Å²) in [6, 6.07) is 11.8. The van der Waals surface area contributed by atoms with Gasteiger partial charge in [-0.15, -0.1) is 0 Å². The second kappa shape index (κ2) is 8.43. The van der Waals surface area contributed by atoms with E-state index >= 15 is 0 Å². The predicted octanol–water partition coefficient (Wildman–Crippen LogP) is 2.57. The SMILES string of the molecule is CCOP(CCC#N)(OCC)(OCCN)c1ccccc1. The first-order chi connectivity index (χ1) is 10.2. The molecule has 118 valence electrons. The minimum absolute atomic E-state index is 0.303. The minimum atomic E-state index is -3.56. The van der Waals surface area contributed by atoms with Crippen molar-refractivity contribution in [3.05, 3.63) is 30.3 Å². The van der Waals surface area contributed by atoms with Gasteiger partial charge < -0.3 is 0 Å². The first-order valence-corrected chi connectivity index (χ1v) is 9.44. The van der Waals surface area contributed by atoms with Gasteiger partial charge in [0, 0.05) is 0 Å². The molecule has 1 aromatic rings. The molecule has 0 aromatic heterocycles. The molecule has 0 unspecified atom stereocenters. The van der Waals surface area contributed by atoms with Gasteiger partial charge in [0.05, 0.1) is 0 Å². The van der Waals surface area contributed by atoms with Gasteiger partial charge >= 0.3 is 126 Å². The van der Waals surface area contributed by atoms with E-state index in [2.05, 4.69) is 6.07 Å². The van der Waals surface area contributed by atoms with E-state index in [0.29, 0.717) is 38.9 Å². The number of hydrogen-bond donors (Lipinski definition) is 1. The molecule has 0 amide bonds. The van der Waals surface area contributed by atoms with Crippen molar-refractivity contribution in [2.45, 2.75) is 20.3 Å². The van der Waals surface area contributed by atoms with Crippen LogP contribution in [0.5, 0.6) is 0 Å². The second-order valence-corrected chi connectivity index (χ2v) is 8.29. The van der Waals surface area contributed by atoms with Gasteiger partial charge in [-0.1, -0.05) is 0 Å². The Bertz CT molecular complexity index is 456. The molecule has 0 aliphatic carbocycles. The van der Waals surface area contributed by atoms with Crippen molar-refractivity contribution in [2.24, 2.45) is 5.73 Å². The van der Waals surface area contributed by atoms with Crippen LogP contribution in [0.3, 0.4) is 0 Å². The zero-order valence-corrected chi connectivity index (χ0v) is 13.7. The summed E-state index contributed by atoms with van der Waals surface area (Å²) in [7, 11) is -3.56. The van der Waals surface area contributed by atoms with Crippen LogP contribution in [-0.4, -0.2) is 32.5 Å². The van der Waals surface area contributed by atoms with E-state index in [0.717, 1.165) is 5.30 Å². The molecule has 1 rings (SSSR count). The third-order valence-electron chi connectivity index (χ3n) is 3.12. The number of nitrogens with two attached hydrogens (primary N) is 1. The fourth-order valence-corrected chi connectivity index (χ4v) is 6.45. The van der Waals surface area contributed by atoms with Crippen LogP contribution in [0, 0.1) is 11.3 Å². The Hall–Kier alpha value is -1.02. The van der Waals surface area contributed by atoms with Crippen molar-refractivity contribution in [2.75, 3.05) is 32.5 Å². The van der Waals surface area contributed by atoms with Gasteiger partial charge in [0.1, 0.15) is 0 Å². The third kappa shape index (κ3) is 4.00. The topological polar surface area (TPSA) is 77.5 Å². The van der Waals surface area contributed by atoms with Gasteiger partial charge in [-0.25, -0.2) is 0 Å². The summed E-state index contributed by atoms with van der Waals surface area (Å²) in [5.74, 6) is 0. The Kier molecular flexibility index (Phi) is 7.24. The van der Waals surface area contributed by atoms with Crippen molar-refractivity contribution in [1.29, 1.82) is 5.26 Å². The number of nitriles is 1. The summed E-state index contributed by atoms with van der Waals surface area (Å²) in [4.78, 5) is 0. The molecule has 21 heavy (non-hydrogen) atoms. The number of nitrogens with zero attached hydrogens (tertiary/aromatic N) is 1. The molecule has 0 radical (unpaired) electrons. The maximum atomic E-state index is 9.03. The summed E-state index contributed by atoms with van der Waals surface area (Å²) in [6.07, 6.45) is 0.713. The van der Waals surface area contributed by atoms with E-state index in [1.54, 1.807) is 0 Å². The van der Waals surface area contributed by atoms with E-state index in [4.69, 9.17) is 24.6 Å². The molecule has 0 saturated carbocycles. The van der Waals surface area contributed by atoms with Crippen LogP contribution in [-0.2, 0) is 13.6 Å². The molecule has 0 atom stereocenters. The van der Waals surface area contributed by atoms with E-state index in [1.165, 1.54) is 0 Å². The molecule has 1 aromatic carbocycles. The van der Waals surface area contributed by atoms with Crippen molar-refractivity contribution < 1.29 is 13.6 Å². The van der Waals surface area contributed by atoms with Gasteiger partial charge in [-0.05, 0) is 0 Å². The van der Waals surface area contributed by atoms with Gasteiger partial charge in [-0.3, -0.25) is 0 Å². The van der Waals surface area contributed by atoms with Crippen LogP contribution in [0.2, 0.25) is 0 Å². The Labute approximate surface area is 127 Å². The van der Waals surface area contributed by atoms with E-state index in [9.17, 15) is 0 Å². The zero-order chi connectivity index (χ0) is 15.6. The molecule has 0 bridgehead atoms. The number of benzene rings is 1.